The average molecular weight is 538 g/mol. The number of nitrogens with zero attached hydrogens (tertiary/aromatic N) is 1. The molecular weight excluding hydrogens is 522 g/mol. The first-order valence-electron chi connectivity index (χ1n) is 10.0. The third kappa shape index (κ3) is 6.83. The maximum Gasteiger partial charge on any atom is 0.416 e. The first-order valence-corrected chi connectivity index (χ1v) is 10.8. The zero-order valence-electron chi connectivity index (χ0n) is 18.3. The van der Waals surface area contributed by atoms with Gasteiger partial charge in [0.05, 0.1) is 32.6 Å². The second-order valence-electron chi connectivity index (χ2n) is 7.18. The van der Waals surface area contributed by atoms with E-state index in [-0.39, 0.29) is 32.8 Å². The molecule has 3 rings (SSSR count). The van der Waals surface area contributed by atoms with Crippen LogP contribution in [-0.4, -0.2) is 23.5 Å². The van der Waals surface area contributed by atoms with E-state index in [9.17, 15) is 27.6 Å². The number of hydrazone groups is 1. The van der Waals surface area contributed by atoms with Crippen molar-refractivity contribution < 1.29 is 32.3 Å². The van der Waals surface area contributed by atoms with E-state index < -0.39 is 29.5 Å². The van der Waals surface area contributed by atoms with Gasteiger partial charge in [0.2, 0.25) is 0 Å². The van der Waals surface area contributed by atoms with E-state index in [2.05, 4.69) is 5.10 Å². The summed E-state index contributed by atoms with van der Waals surface area (Å²) in [6, 6.07) is 14.8. The Morgan fingerprint density at radius 2 is 1.56 bits per heavy atom. The third-order valence-corrected chi connectivity index (χ3v) is 5.31. The summed E-state index contributed by atoms with van der Waals surface area (Å²) in [4.78, 5) is 36.4. The Kier molecular flexibility index (Phi) is 8.33. The standard InChI is InChI=1S/C24H16Cl2F3N3O4/c1-13(14-6-9-16(10-7-14)36-23(35)17-4-2-3-5-18(17)25)31-32-22(34)21(33)30-20-12-15(24(27,28)29)8-11-19(20)26/h2-12H,1H3,(H,30,33)(H,32,34)/b31-13+. The predicted molar refractivity (Wildman–Crippen MR) is 128 cm³/mol. The van der Waals surface area contributed by atoms with Crippen molar-refractivity contribution in [2.45, 2.75) is 13.1 Å². The topological polar surface area (TPSA) is 96.9 Å². The second kappa shape index (κ2) is 11.2. The molecule has 12 heteroatoms. The smallest absolute Gasteiger partial charge is 0.416 e. The number of benzene rings is 3. The van der Waals surface area contributed by atoms with Crippen LogP contribution in [0.1, 0.15) is 28.4 Å². The number of esters is 1. The lowest BCUT2D eigenvalue weighted by atomic mass is 10.1. The Bertz CT molecular complexity index is 1340. The fraction of sp³-hybridized carbons (Fsp3) is 0.0833. The average Bonchev–Trinajstić information content (AvgIpc) is 2.83. The molecule has 0 aliphatic heterocycles. The highest BCUT2D eigenvalue weighted by atomic mass is 35.5. The highest BCUT2D eigenvalue weighted by Crippen LogP contribution is 2.33. The van der Waals surface area contributed by atoms with Gasteiger partial charge in [0.1, 0.15) is 5.75 Å². The number of alkyl halides is 3. The van der Waals surface area contributed by atoms with Crippen LogP contribution in [0, 0.1) is 0 Å². The SMILES string of the molecule is C/C(=N\NC(=O)C(=O)Nc1cc(C(F)(F)F)ccc1Cl)c1ccc(OC(=O)c2ccccc2Cl)cc1. The molecule has 2 N–H and O–H groups in total. The Morgan fingerprint density at radius 1 is 0.889 bits per heavy atom. The van der Waals surface area contributed by atoms with Crippen molar-refractivity contribution in [1.82, 2.24) is 5.43 Å². The van der Waals surface area contributed by atoms with Gasteiger partial charge in [-0.1, -0.05) is 35.3 Å². The number of halogens is 5. The largest absolute Gasteiger partial charge is 0.423 e. The minimum absolute atomic E-state index is 0.181. The molecule has 0 bridgehead atoms. The number of nitrogens with one attached hydrogen (secondary N) is 2. The van der Waals surface area contributed by atoms with Crippen LogP contribution in [-0.2, 0) is 15.8 Å². The van der Waals surface area contributed by atoms with Crippen molar-refractivity contribution in [1.29, 1.82) is 0 Å². The highest BCUT2D eigenvalue weighted by molar-refractivity contribution is 6.41. The molecule has 0 unspecified atom stereocenters. The summed E-state index contributed by atoms with van der Waals surface area (Å²) in [6.45, 7) is 1.53. The van der Waals surface area contributed by atoms with Crippen molar-refractivity contribution in [3.05, 3.63) is 93.5 Å². The molecule has 2 amide bonds. The lowest BCUT2D eigenvalue weighted by Gasteiger charge is -2.11. The molecule has 0 aliphatic carbocycles. The van der Waals surface area contributed by atoms with Gasteiger partial charge >= 0.3 is 24.0 Å². The zero-order chi connectivity index (χ0) is 26.5. The lowest BCUT2D eigenvalue weighted by molar-refractivity contribution is -0.137. The van der Waals surface area contributed by atoms with E-state index in [1.807, 2.05) is 10.7 Å². The molecule has 0 atom stereocenters. The maximum absolute atomic E-state index is 12.9. The minimum Gasteiger partial charge on any atom is -0.423 e. The molecule has 0 spiro atoms. The minimum atomic E-state index is -4.66. The van der Waals surface area contributed by atoms with E-state index >= 15 is 0 Å². The number of ether oxygens (including phenoxy) is 1. The van der Waals surface area contributed by atoms with Crippen molar-refractivity contribution in [3.8, 4) is 5.75 Å². The number of anilines is 1. The van der Waals surface area contributed by atoms with E-state index in [0.717, 1.165) is 12.1 Å². The van der Waals surface area contributed by atoms with Crippen LogP contribution in [0.2, 0.25) is 10.0 Å². The van der Waals surface area contributed by atoms with Gasteiger partial charge < -0.3 is 10.1 Å². The molecular formula is C24H16Cl2F3N3O4. The van der Waals surface area contributed by atoms with Crippen molar-refractivity contribution in [3.63, 3.8) is 0 Å². The van der Waals surface area contributed by atoms with Crippen molar-refractivity contribution >= 4 is 52.4 Å². The lowest BCUT2D eigenvalue weighted by Crippen LogP contribution is -2.33. The zero-order valence-corrected chi connectivity index (χ0v) is 19.8. The van der Waals surface area contributed by atoms with Gasteiger partial charge in [0.25, 0.3) is 0 Å². The van der Waals surface area contributed by atoms with Crippen LogP contribution in [0.4, 0.5) is 18.9 Å². The van der Waals surface area contributed by atoms with E-state index in [1.165, 1.54) is 25.1 Å². The molecule has 0 fully saturated rings. The summed E-state index contributed by atoms with van der Waals surface area (Å²) in [5.74, 6) is -2.90. The van der Waals surface area contributed by atoms with Crippen LogP contribution in [0.25, 0.3) is 0 Å². The Hall–Kier alpha value is -3.89. The number of amides is 2. The Labute approximate surface area is 212 Å². The summed E-state index contributed by atoms with van der Waals surface area (Å²) in [5.41, 5.74) is 1.60. The first-order chi connectivity index (χ1) is 17.0. The van der Waals surface area contributed by atoms with Gasteiger partial charge in [-0.25, -0.2) is 10.2 Å². The van der Waals surface area contributed by atoms with E-state index in [1.54, 1.807) is 30.3 Å². The Morgan fingerprint density at radius 3 is 2.19 bits per heavy atom. The molecule has 0 saturated carbocycles. The molecule has 0 aliphatic rings. The van der Waals surface area contributed by atoms with Crippen LogP contribution in [0.3, 0.4) is 0 Å². The number of hydrogen-bond acceptors (Lipinski definition) is 5. The van der Waals surface area contributed by atoms with Crippen LogP contribution in [0.15, 0.2) is 71.8 Å². The highest BCUT2D eigenvalue weighted by Gasteiger charge is 2.31. The third-order valence-electron chi connectivity index (χ3n) is 4.65. The second-order valence-corrected chi connectivity index (χ2v) is 7.99. The summed E-state index contributed by atoms with van der Waals surface area (Å²) < 4.78 is 43.9. The molecule has 3 aromatic rings. The number of carbonyl (C=O) groups is 3. The molecule has 0 heterocycles. The fourth-order valence-electron chi connectivity index (χ4n) is 2.78. The molecule has 7 nitrogen and oxygen atoms in total. The maximum atomic E-state index is 12.9. The quantitative estimate of drug-likeness (QED) is 0.143. The number of hydrogen-bond donors (Lipinski definition) is 2. The van der Waals surface area contributed by atoms with Gasteiger partial charge in [-0.05, 0) is 67.1 Å². The van der Waals surface area contributed by atoms with E-state index in [0.29, 0.717) is 11.6 Å². The fourth-order valence-corrected chi connectivity index (χ4v) is 3.16. The summed E-state index contributed by atoms with van der Waals surface area (Å²) in [6.07, 6.45) is -4.66. The molecule has 0 radical (unpaired) electrons. The van der Waals surface area contributed by atoms with Gasteiger partial charge in [-0.15, -0.1) is 0 Å². The Balaban J connectivity index is 1.61. The number of carbonyl (C=O) groups excluding carboxylic acids is 3. The van der Waals surface area contributed by atoms with Gasteiger partial charge in [0.15, 0.2) is 0 Å². The number of rotatable bonds is 5. The summed E-state index contributed by atoms with van der Waals surface area (Å²) in [7, 11) is 0. The van der Waals surface area contributed by atoms with Crippen molar-refractivity contribution in [2.75, 3.05) is 5.32 Å². The summed E-state index contributed by atoms with van der Waals surface area (Å²) in [5, 5.41) is 5.89. The van der Waals surface area contributed by atoms with Crippen LogP contribution >= 0.6 is 23.2 Å². The molecule has 0 aromatic heterocycles. The normalized spacial score (nSPS) is 11.6. The first kappa shape index (κ1) is 26.7. The van der Waals surface area contributed by atoms with Gasteiger partial charge in [-0.2, -0.15) is 18.3 Å². The van der Waals surface area contributed by atoms with Gasteiger partial charge in [-0.3, -0.25) is 9.59 Å². The van der Waals surface area contributed by atoms with Crippen molar-refractivity contribution in [2.24, 2.45) is 5.10 Å². The van der Waals surface area contributed by atoms with Crippen LogP contribution < -0.4 is 15.5 Å². The van der Waals surface area contributed by atoms with Gasteiger partial charge in [0, 0.05) is 0 Å². The van der Waals surface area contributed by atoms with Crippen LogP contribution in [0.5, 0.6) is 5.75 Å². The monoisotopic (exact) mass is 537 g/mol. The molecule has 36 heavy (non-hydrogen) atoms. The molecule has 3 aromatic carbocycles. The summed E-state index contributed by atoms with van der Waals surface area (Å²) >= 11 is 11.8. The predicted octanol–water partition coefficient (Wildman–Crippen LogP) is 5.71. The molecule has 186 valence electrons. The van der Waals surface area contributed by atoms with E-state index in [4.69, 9.17) is 27.9 Å². The molecule has 0 saturated heterocycles.